The summed E-state index contributed by atoms with van der Waals surface area (Å²) in [6.45, 7) is 3.68. The first-order valence-electron chi connectivity index (χ1n) is 9.45. The lowest BCUT2D eigenvalue weighted by atomic mass is 10.0. The minimum atomic E-state index is -0.00519. The summed E-state index contributed by atoms with van der Waals surface area (Å²) < 4.78 is 5.56. The number of hydrogen-bond acceptors (Lipinski definition) is 3. The van der Waals surface area contributed by atoms with Crippen molar-refractivity contribution in [1.29, 1.82) is 0 Å². The molecule has 0 saturated carbocycles. The predicted octanol–water partition coefficient (Wildman–Crippen LogP) is 3.18. The first kappa shape index (κ1) is 19.0. The van der Waals surface area contributed by atoms with Crippen LogP contribution in [0.3, 0.4) is 0 Å². The Hall–Kier alpha value is -2.82. The Labute approximate surface area is 160 Å². The number of nitrogens with zero attached hydrogens (tertiary/aromatic N) is 1. The molecule has 0 atom stereocenters. The molecule has 0 radical (unpaired) electrons. The molecule has 1 heterocycles. The molecule has 1 aliphatic rings. The van der Waals surface area contributed by atoms with Gasteiger partial charge in [0.25, 0.3) is 5.91 Å². The van der Waals surface area contributed by atoms with Crippen molar-refractivity contribution in [3.63, 3.8) is 0 Å². The number of para-hydroxylation sites is 1. The second-order valence-electron chi connectivity index (χ2n) is 6.91. The van der Waals surface area contributed by atoms with Crippen LogP contribution in [0.4, 0.5) is 0 Å². The molecule has 3 rings (SSSR count). The van der Waals surface area contributed by atoms with Crippen molar-refractivity contribution in [3.05, 3.63) is 65.7 Å². The fraction of sp³-hybridized carbons (Fsp3) is 0.364. The zero-order valence-electron chi connectivity index (χ0n) is 15.7. The van der Waals surface area contributed by atoms with Gasteiger partial charge in [-0.2, -0.15) is 0 Å². The van der Waals surface area contributed by atoms with E-state index in [4.69, 9.17) is 4.74 Å². The summed E-state index contributed by atoms with van der Waals surface area (Å²) in [6, 6.07) is 17.3. The van der Waals surface area contributed by atoms with E-state index in [1.54, 1.807) is 0 Å². The maximum Gasteiger partial charge on any atom is 0.253 e. The van der Waals surface area contributed by atoms with Crippen LogP contribution in [0.15, 0.2) is 54.6 Å². The van der Waals surface area contributed by atoms with Crippen LogP contribution in [0.25, 0.3) is 0 Å². The normalized spacial score (nSPS) is 14.6. The van der Waals surface area contributed by atoms with Gasteiger partial charge >= 0.3 is 0 Å². The van der Waals surface area contributed by atoms with Gasteiger partial charge in [0.2, 0.25) is 5.91 Å². The van der Waals surface area contributed by atoms with Crippen LogP contribution in [0.1, 0.15) is 35.2 Å². The van der Waals surface area contributed by atoms with Crippen LogP contribution in [-0.2, 0) is 4.79 Å². The average Bonchev–Trinajstić information content (AvgIpc) is 2.69. The second-order valence-corrected chi connectivity index (χ2v) is 6.91. The molecule has 0 unspecified atom stereocenters. The Morgan fingerprint density at radius 2 is 1.81 bits per heavy atom. The van der Waals surface area contributed by atoms with E-state index in [1.165, 1.54) is 0 Å². The van der Waals surface area contributed by atoms with E-state index in [-0.39, 0.29) is 17.9 Å². The van der Waals surface area contributed by atoms with Crippen molar-refractivity contribution in [3.8, 4) is 5.75 Å². The van der Waals surface area contributed by atoms with E-state index in [0.717, 1.165) is 29.7 Å². The molecule has 1 saturated heterocycles. The van der Waals surface area contributed by atoms with Crippen LogP contribution < -0.4 is 10.1 Å². The molecule has 2 amide bonds. The van der Waals surface area contributed by atoms with Gasteiger partial charge in [-0.05, 0) is 44.0 Å². The summed E-state index contributed by atoms with van der Waals surface area (Å²) in [4.78, 5) is 26.6. The zero-order chi connectivity index (χ0) is 19.1. The molecule has 0 spiro atoms. The Morgan fingerprint density at radius 3 is 2.52 bits per heavy atom. The Kier molecular flexibility index (Phi) is 6.47. The van der Waals surface area contributed by atoms with Crippen molar-refractivity contribution >= 4 is 11.8 Å². The molecule has 2 aromatic rings. The molecule has 5 heteroatoms. The number of aryl methyl sites for hydroxylation is 1. The van der Waals surface area contributed by atoms with Crippen molar-refractivity contribution < 1.29 is 14.3 Å². The number of hydrogen-bond donors (Lipinski definition) is 1. The summed E-state index contributed by atoms with van der Waals surface area (Å²) in [7, 11) is 0. The zero-order valence-corrected chi connectivity index (χ0v) is 15.7. The first-order chi connectivity index (χ1) is 13.1. The smallest absolute Gasteiger partial charge is 0.253 e. The minimum Gasteiger partial charge on any atom is -0.493 e. The summed E-state index contributed by atoms with van der Waals surface area (Å²) in [6.07, 6.45) is 1.89. The lowest BCUT2D eigenvalue weighted by molar-refractivity contribution is -0.122. The van der Waals surface area contributed by atoms with E-state index < -0.39 is 0 Å². The van der Waals surface area contributed by atoms with Crippen molar-refractivity contribution in [2.24, 2.45) is 0 Å². The number of carbonyl (C=O) groups is 2. The van der Waals surface area contributed by atoms with Gasteiger partial charge in [-0.1, -0.05) is 35.9 Å². The van der Waals surface area contributed by atoms with E-state index in [1.807, 2.05) is 66.4 Å². The van der Waals surface area contributed by atoms with E-state index >= 15 is 0 Å². The standard InChI is InChI=1S/C22H26N2O3/c1-17-6-5-7-18(16-17)22(26)24-13-10-19(11-14-24)23-21(25)12-15-27-20-8-3-2-4-9-20/h2-9,16,19H,10-15H2,1H3,(H,23,25). The molecular weight excluding hydrogens is 340 g/mol. The van der Waals surface area contributed by atoms with E-state index in [0.29, 0.717) is 26.1 Å². The van der Waals surface area contributed by atoms with Crippen LogP contribution in [0.2, 0.25) is 0 Å². The highest BCUT2D eigenvalue weighted by Crippen LogP contribution is 2.15. The predicted molar refractivity (Wildman–Crippen MR) is 105 cm³/mol. The van der Waals surface area contributed by atoms with E-state index in [2.05, 4.69) is 5.32 Å². The SMILES string of the molecule is Cc1cccc(C(=O)N2CCC(NC(=O)CCOc3ccccc3)CC2)c1. The highest BCUT2D eigenvalue weighted by molar-refractivity contribution is 5.94. The summed E-state index contributed by atoms with van der Waals surface area (Å²) >= 11 is 0. The topological polar surface area (TPSA) is 58.6 Å². The number of carbonyl (C=O) groups excluding carboxylic acids is 2. The van der Waals surface area contributed by atoms with Crippen LogP contribution in [-0.4, -0.2) is 42.5 Å². The minimum absolute atomic E-state index is 0.00519. The number of likely N-dealkylation sites (tertiary alicyclic amines) is 1. The van der Waals surface area contributed by atoms with Gasteiger partial charge in [-0.25, -0.2) is 0 Å². The third kappa shape index (κ3) is 5.58. The Morgan fingerprint density at radius 1 is 1.07 bits per heavy atom. The van der Waals surface area contributed by atoms with Crippen LogP contribution >= 0.6 is 0 Å². The van der Waals surface area contributed by atoms with Gasteiger partial charge < -0.3 is 15.0 Å². The number of rotatable bonds is 6. The summed E-state index contributed by atoms with van der Waals surface area (Å²) in [5.41, 5.74) is 1.82. The molecule has 0 aliphatic carbocycles. The van der Waals surface area contributed by atoms with Gasteiger partial charge in [0, 0.05) is 24.7 Å². The highest BCUT2D eigenvalue weighted by atomic mass is 16.5. The van der Waals surface area contributed by atoms with Gasteiger partial charge in [0.1, 0.15) is 5.75 Å². The first-order valence-corrected chi connectivity index (χ1v) is 9.45. The quantitative estimate of drug-likeness (QED) is 0.854. The summed E-state index contributed by atoms with van der Waals surface area (Å²) in [5, 5.41) is 3.06. The molecule has 0 aromatic heterocycles. The monoisotopic (exact) mass is 366 g/mol. The Balaban J connectivity index is 1.38. The van der Waals surface area contributed by atoms with Crippen LogP contribution in [0.5, 0.6) is 5.75 Å². The highest BCUT2D eigenvalue weighted by Gasteiger charge is 2.24. The number of nitrogens with one attached hydrogen (secondary N) is 1. The van der Waals surface area contributed by atoms with Gasteiger partial charge in [-0.15, -0.1) is 0 Å². The fourth-order valence-electron chi connectivity index (χ4n) is 3.27. The third-order valence-electron chi connectivity index (χ3n) is 4.75. The van der Waals surface area contributed by atoms with Gasteiger partial charge in [0.15, 0.2) is 0 Å². The molecule has 1 N–H and O–H groups in total. The van der Waals surface area contributed by atoms with Crippen molar-refractivity contribution in [2.75, 3.05) is 19.7 Å². The number of benzene rings is 2. The third-order valence-corrected chi connectivity index (χ3v) is 4.75. The lowest BCUT2D eigenvalue weighted by Gasteiger charge is -2.32. The number of ether oxygens (including phenoxy) is 1. The number of piperidine rings is 1. The molecule has 2 aromatic carbocycles. The lowest BCUT2D eigenvalue weighted by Crippen LogP contribution is -2.46. The number of amides is 2. The van der Waals surface area contributed by atoms with E-state index in [9.17, 15) is 9.59 Å². The maximum atomic E-state index is 12.6. The molecule has 142 valence electrons. The molecule has 27 heavy (non-hydrogen) atoms. The van der Waals surface area contributed by atoms with Gasteiger partial charge in [-0.3, -0.25) is 9.59 Å². The fourth-order valence-corrected chi connectivity index (χ4v) is 3.27. The van der Waals surface area contributed by atoms with Crippen molar-refractivity contribution in [1.82, 2.24) is 10.2 Å². The second kappa shape index (κ2) is 9.21. The van der Waals surface area contributed by atoms with Crippen LogP contribution in [0, 0.1) is 6.92 Å². The average molecular weight is 366 g/mol. The molecule has 1 aliphatic heterocycles. The molecular formula is C22H26N2O3. The molecule has 0 bridgehead atoms. The van der Waals surface area contributed by atoms with Crippen molar-refractivity contribution in [2.45, 2.75) is 32.2 Å². The van der Waals surface area contributed by atoms with Gasteiger partial charge in [0.05, 0.1) is 13.0 Å². The molecule has 5 nitrogen and oxygen atoms in total. The maximum absolute atomic E-state index is 12.6. The largest absolute Gasteiger partial charge is 0.493 e. The Bertz CT molecular complexity index is 768. The summed E-state index contributed by atoms with van der Waals surface area (Å²) in [5.74, 6) is 0.836. The molecule has 1 fully saturated rings.